The van der Waals surface area contributed by atoms with E-state index in [2.05, 4.69) is 39.0 Å². The smallest absolute Gasteiger partial charge is 0.251 e. The lowest BCUT2D eigenvalue weighted by Gasteiger charge is -2.36. The van der Waals surface area contributed by atoms with Gasteiger partial charge in [0.2, 0.25) is 5.91 Å². The molecule has 2 saturated heterocycles. The highest BCUT2D eigenvalue weighted by atomic mass is 16.5. The van der Waals surface area contributed by atoms with Gasteiger partial charge in [0.05, 0.1) is 6.42 Å². The number of aryl methyl sites for hydroxylation is 1. The second kappa shape index (κ2) is 8.21. The van der Waals surface area contributed by atoms with Crippen molar-refractivity contribution in [2.45, 2.75) is 52.1 Å². The summed E-state index contributed by atoms with van der Waals surface area (Å²) in [5.41, 5.74) is 3.54. The van der Waals surface area contributed by atoms with Gasteiger partial charge in [-0.25, -0.2) is 0 Å². The fraction of sp³-hybridized carbons (Fsp3) is 0.619. The van der Waals surface area contributed by atoms with Crippen LogP contribution in [0.1, 0.15) is 49.3 Å². The Bertz CT molecular complexity index is 657. The van der Waals surface area contributed by atoms with E-state index < -0.39 is 0 Å². The minimum atomic E-state index is -0.265. The molecule has 2 aliphatic rings. The van der Waals surface area contributed by atoms with E-state index in [0.29, 0.717) is 45.1 Å². The number of hydrogen-bond acceptors (Lipinski definition) is 3. The standard InChI is InChI=1S/C21H30N2O3/c1-15(2)17-7-6-16(3)18(13-17)14-20(24)22-8-10-23(11-9-22)21(25)19-5-4-12-26-19/h6-7,13,15,19H,4-5,8-12,14H2,1-3H3. The summed E-state index contributed by atoms with van der Waals surface area (Å²) in [4.78, 5) is 28.9. The molecule has 0 aliphatic carbocycles. The van der Waals surface area contributed by atoms with Crippen molar-refractivity contribution in [3.63, 3.8) is 0 Å². The number of rotatable bonds is 4. The highest BCUT2D eigenvalue weighted by molar-refractivity contribution is 5.82. The molecule has 3 rings (SSSR count). The lowest BCUT2D eigenvalue weighted by atomic mass is 9.96. The van der Waals surface area contributed by atoms with E-state index in [-0.39, 0.29) is 17.9 Å². The van der Waals surface area contributed by atoms with Gasteiger partial charge >= 0.3 is 0 Å². The summed E-state index contributed by atoms with van der Waals surface area (Å²) in [6.45, 7) is 9.51. The Hall–Kier alpha value is -1.88. The van der Waals surface area contributed by atoms with Gasteiger partial charge in [0.25, 0.3) is 5.91 Å². The van der Waals surface area contributed by atoms with Crippen molar-refractivity contribution in [3.8, 4) is 0 Å². The molecular formula is C21H30N2O3. The fourth-order valence-corrected chi connectivity index (χ4v) is 3.67. The summed E-state index contributed by atoms with van der Waals surface area (Å²) in [5.74, 6) is 0.699. The first-order chi connectivity index (χ1) is 12.5. The Morgan fingerprint density at radius 1 is 1.15 bits per heavy atom. The molecule has 1 aromatic carbocycles. The number of carbonyl (C=O) groups excluding carboxylic acids is 2. The van der Waals surface area contributed by atoms with Crippen LogP contribution in [0.15, 0.2) is 18.2 Å². The lowest BCUT2D eigenvalue weighted by Crippen LogP contribution is -2.53. The van der Waals surface area contributed by atoms with Crippen LogP contribution in [0.3, 0.4) is 0 Å². The number of benzene rings is 1. The van der Waals surface area contributed by atoms with Crippen molar-refractivity contribution in [1.29, 1.82) is 0 Å². The van der Waals surface area contributed by atoms with Gasteiger partial charge in [0, 0.05) is 32.8 Å². The first-order valence-electron chi connectivity index (χ1n) is 9.73. The van der Waals surface area contributed by atoms with Crippen LogP contribution in [-0.2, 0) is 20.7 Å². The van der Waals surface area contributed by atoms with E-state index in [1.807, 2.05) is 9.80 Å². The molecule has 2 aliphatic heterocycles. The summed E-state index contributed by atoms with van der Waals surface area (Å²) in [6, 6.07) is 6.41. The molecule has 142 valence electrons. The van der Waals surface area contributed by atoms with Crippen molar-refractivity contribution in [1.82, 2.24) is 9.80 Å². The van der Waals surface area contributed by atoms with Gasteiger partial charge in [0.15, 0.2) is 0 Å². The fourth-order valence-electron chi connectivity index (χ4n) is 3.67. The molecule has 5 heteroatoms. The van der Waals surface area contributed by atoms with Gasteiger partial charge in [-0.1, -0.05) is 32.0 Å². The third-order valence-corrected chi connectivity index (χ3v) is 5.53. The molecule has 2 amide bonds. The zero-order valence-electron chi connectivity index (χ0n) is 16.2. The minimum Gasteiger partial charge on any atom is -0.368 e. The third-order valence-electron chi connectivity index (χ3n) is 5.53. The van der Waals surface area contributed by atoms with Crippen LogP contribution < -0.4 is 0 Å². The molecular weight excluding hydrogens is 328 g/mol. The zero-order valence-corrected chi connectivity index (χ0v) is 16.2. The molecule has 1 atom stereocenters. The van der Waals surface area contributed by atoms with Crippen LogP contribution in [0.2, 0.25) is 0 Å². The summed E-state index contributed by atoms with van der Waals surface area (Å²) >= 11 is 0. The van der Waals surface area contributed by atoms with Gasteiger partial charge in [-0.15, -0.1) is 0 Å². The largest absolute Gasteiger partial charge is 0.368 e. The zero-order chi connectivity index (χ0) is 18.7. The molecule has 0 aromatic heterocycles. The topological polar surface area (TPSA) is 49.9 Å². The number of ether oxygens (including phenoxy) is 1. The van der Waals surface area contributed by atoms with E-state index in [9.17, 15) is 9.59 Å². The second-order valence-corrected chi connectivity index (χ2v) is 7.73. The third kappa shape index (κ3) is 4.26. The molecule has 5 nitrogen and oxygen atoms in total. The molecule has 0 spiro atoms. The Morgan fingerprint density at radius 3 is 2.46 bits per heavy atom. The van der Waals surface area contributed by atoms with Gasteiger partial charge < -0.3 is 14.5 Å². The number of carbonyl (C=O) groups is 2. The second-order valence-electron chi connectivity index (χ2n) is 7.73. The Balaban J connectivity index is 1.55. The first-order valence-corrected chi connectivity index (χ1v) is 9.73. The van der Waals surface area contributed by atoms with E-state index in [0.717, 1.165) is 24.0 Å². The molecule has 0 radical (unpaired) electrons. The normalized spacial score (nSPS) is 20.7. The van der Waals surface area contributed by atoms with Crippen LogP contribution >= 0.6 is 0 Å². The van der Waals surface area contributed by atoms with Gasteiger partial charge in [-0.3, -0.25) is 9.59 Å². The maximum Gasteiger partial charge on any atom is 0.251 e. The number of nitrogens with zero attached hydrogens (tertiary/aromatic N) is 2. The van der Waals surface area contributed by atoms with Crippen molar-refractivity contribution in [3.05, 3.63) is 34.9 Å². The average Bonchev–Trinajstić information content (AvgIpc) is 3.17. The maximum absolute atomic E-state index is 12.7. The van der Waals surface area contributed by atoms with Crippen LogP contribution in [-0.4, -0.2) is 60.5 Å². The molecule has 1 unspecified atom stereocenters. The van der Waals surface area contributed by atoms with Crippen molar-refractivity contribution < 1.29 is 14.3 Å². The van der Waals surface area contributed by atoms with Crippen molar-refractivity contribution >= 4 is 11.8 Å². The number of hydrogen-bond donors (Lipinski definition) is 0. The first kappa shape index (κ1) is 18.9. The maximum atomic E-state index is 12.7. The molecule has 0 N–H and O–H groups in total. The van der Waals surface area contributed by atoms with Crippen LogP contribution in [0.5, 0.6) is 0 Å². The predicted molar refractivity (Wildman–Crippen MR) is 101 cm³/mol. The highest BCUT2D eigenvalue weighted by Crippen LogP contribution is 2.20. The minimum absolute atomic E-state index is 0.0927. The van der Waals surface area contributed by atoms with E-state index in [1.54, 1.807) is 0 Å². The lowest BCUT2D eigenvalue weighted by molar-refractivity contribution is -0.145. The van der Waals surface area contributed by atoms with E-state index >= 15 is 0 Å². The van der Waals surface area contributed by atoms with Gasteiger partial charge in [-0.2, -0.15) is 0 Å². The van der Waals surface area contributed by atoms with E-state index in [1.165, 1.54) is 5.56 Å². The van der Waals surface area contributed by atoms with Gasteiger partial charge in [0.1, 0.15) is 6.10 Å². The summed E-state index contributed by atoms with van der Waals surface area (Å²) in [6.07, 6.45) is 1.96. The van der Waals surface area contributed by atoms with Crippen LogP contribution in [0.25, 0.3) is 0 Å². The summed E-state index contributed by atoms with van der Waals surface area (Å²) in [7, 11) is 0. The summed E-state index contributed by atoms with van der Waals surface area (Å²) < 4.78 is 5.49. The Morgan fingerprint density at radius 2 is 1.85 bits per heavy atom. The van der Waals surface area contributed by atoms with Crippen molar-refractivity contribution in [2.75, 3.05) is 32.8 Å². The molecule has 1 aromatic rings. The van der Waals surface area contributed by atoms with Gasteiger partial charge in [-0.05, 0) is 42.4 Å². The highest BCUT2D eigenvalue weighted by Gasteiger charge is 2.31. The van der Waals surface area contributed by atoms with Crippen molar-refractivity contribution in [2.24, 2.45) is 0 Å². The Labute approximate surface area is 156 Å². The number of amides is 2. The summed E-state index contributed by atoms with van der Waals surface area (Å²) in [5, 5.41) is 0. The molecule has 2 heterocycles. The Kier molecular flexibility index (Phi) is 5.97. The predicted octanol–water partition coefficient (Wildman–Crippen LogP) is 2.51. The quantitative estimate of drug-likeness (QED) is 0.831. The monoisotopic (exact) mass is 358 g/mol. The molecule has 2 fully saturated rings. The number of piperazine rings is 1. The average molecular weight is 358 g/mol. The van der Waals surface area contributed by atoms with Crippen LogP contribution in [0.4, 0.5) is 0 Å². The molecule has 26 heavy (non-hydrogen) atoms. The van der Waals surface area contributed by atoms with E-state index in [4.69, 9.17) is 4.74 Å². The SMILES string of the molecule is Cc1ccc(C(C)C)cc1CC(=O)N1CCN(C(=O)C2CCCO2)CC1. The molecule has 0 saturated carbocycles. The molecule has 0 bridgehead atoms. The van der Waals surface area contributed by atoms with Crippen LogP contribution in [0, 0.1) is 6.92 Å².